The Kier molecular flexibility index (Phi) is 5.19. The van der Waals surface area contributed by atoms with Crippen molar-refractivity contribution in [3.63, 3.8) is 0 Å². The molecule has 1 aliphatic rings. The zero-order chi connectivity index (χ0) is 23.0. The average Bonchev–Trinajstić information content (AvgIpc) is 3.04. The van der Waals surface area contributed by atoms with Gasteiger partial charge in [0, 0.05) is 17.7 Å². The van der Waals surface area contributed by atoms with Crippen molar-refractivity contribution >= 4 is 28.8 Å². The van der Waals surface area contributed by atoms with Gasteiger partial charge in [0.15, 0.2) is 0 Å². The number of hydrogen-bond acceptors (Lipinski definition) is 6. The maximum atomic E-state index is 13.1. The number of nitro benzene ring substituents is 1. The monoisotopic (exact) mass is 430 g/mol. The molecule has 1 aliphatic heterocycles. The smallest absolute Gasteiger partial charge is 0.300 e. The van der Waals surface area contributed by atoms with Crippen LogP contribution in [0, 0.1) is 17.0 Å². The van der Waals surface area contributed by atoms with Gasteiger partial charge in [-0.2, -0.15) is 0 Å². The average molecular weight is 430 g/mol. The highest BCUT2D eigenvalue weighted by molar-refractivity contribution is 6.51. The maximum absolute atomic E-state index is 13.1. The van der Waals surface area contributed by atoms with Crippen LogP contribution in [0.5, 0.6) is 5.75 Å². The largest absolute Gasteiger partial charge is 0.507 e. The van der Waals surface area contributed by atoms with Crippen LogP contribution in [0.1, 0.15) is 22.7 Å². The highest BCUT2D eigenvalue weighted by Crippen LogP contribution is 2.44. The van der Waals surface area contributed by atoms with E-state index in [4.69, 9.17) is 0 Å². The zero-order valence-corrected chi connectivity index (χ0v) is 16.9. The second kappa shape index (κ2) is 7.99. The molecule has 0 aliphatic carbocycles. The van der Waals surface area contributed by atoms with Crippen molar-refractivity contribution < 1.29 is 24.7 Å². The lowest BCUT2D eigenvalue weighted by molar-refractivity contribution is -0.384. The number of carbonyl (C=O) groups is 2. The lowest BCUT2D eigenvalue weighted by Gasteiger charge is -2.26. The molecule has 1 saturated heterocycles. The predicted octanol–water partition coefficient (Wildman–Crippen LogP) is 4.24. The zero-order valence-electron chi connectivity index (χ0n) is 16.9. The highest BCUT2D eigenvalue weighted by Gasteiger charge is 2.47. The lowest BCUT2D eigenvalue weighted by Crippen LogP contribution is -2.29. The van der Waals surface area contributed by atoms with Crippen LogP contribution in [-0.4, -0.2) is 26.8 Å². The van der Waals surface area contributed by atoms with Gasteiger partial charge in [-0.3, -0.25) is 24.6 Å². The molecular weight excluding hydrogens is 412 g/mol. The van der Waals surface area contributed by atoms with Crippen LogP contribution in [0.25, 0.3) is 5.76 Å². The number of rotatable bonds is 4. The molecule has 0 spiro atoms. The number of aliphatic hydroxyl groups is 1. The van der Waals surface area contributed by atoms with E-state index in [2.05, 4.69) is 0 Å². The summed E-state index contributed by atoms with van der Waals surface area (Å²) in [6.07, 6.45) is 0. The minimum absolute atomic E-state index is 0.129. The Labute approximate surface area is 182 Å². The number of Topliss-reactive ketones (excluding diaryl/α,β-unsaturated/α-hetero) is 1. The van der Waals surface area contributed by atoms with Gasteiger partial charge in [-0.25, -0.2) is 0 Å². The molecule has 4 rings (SSSR count). The SMILES string of the molecule is Cc1cccc(C2/C(=C(/O)c3ccc([N+](=O)[O-])cc3)C(=O)C(=O)N2c2ccccc2O)c1. The minimum atomic E-state index is -1.00. The van der Waals surface area contributed by atoms with Crippen molar-refractivity contribution in [1.82, 2.24) is 0 Å². The predicted molar refractivity (Wildman–Crippen MR) is 117 cm³/mol. The fraction of sp³-hybridized carbons (Fsp3) is 0.0833. The van der Waals surface area contributed by atoms with Crippen LogP contribution in [0.2, 0.25) is 0 Å². The first-order valence-electron chi connectivity index (χ1n) is 9.70. The molecule has 32 heavy (non-hydrogen) atoms. The molecule has 0 aromatic heterocycles. The number of phenolic OH excluding ortho intramolecular Hbond substituents is 1. The number of ketones is 1. The van der Waals surface area contributed by atoms with E-state index in [0.29, 0.717) is 5.56 Å². The number of aryl methyl sites for hydroxylation is 1. The summed E-state index contributed by atoms with van der Waals surface area (Å²) in [5.74, 6) is -2.47. The van der Waals surface area contributed by atoms with Crippen molar-refractivity contribution in [3.8, 4) is 5.75 Å². The summed E-state index contributed by atoms with van der Waals surface area (Å²) in [5, 5.41) is 32.3. The van der Waals surface area contributed by atoms with Crippen molar-refractivity contribution in [2.45, 2.75) is 13.0 Å². The Bertz CT molecular complexity index is 1280. The number of non-ortho nitro benzene ring substituents is 1. The molecule has 0 radical (unpaired) electrons. The molecule has 8 heteroatoms. The summed E-state index contributed by atoms with van der Waals surface area (Å²) < 4.78 is 0. The minimum Gasteiger partial charge on any atom is -0.507 e. The summed E-state index contributed by atoms with van der Waals surface area (Å²) in [4.78, 5) is 37.6. The summed E-state index contributed by atoms with van der Waals surface area (Å²) in [7, 11) is 0. The standard InChI is InChI=1S/C24H18N2O6/c1-14-5-4-6-16(13-14)21-20(22(28)15-9-11-17(12-10-15)26(31)32)23(29)24(30)25(21)18-7-2-3-8-19(18)27/h2-13,21,27-28H,1H3/b22-20-. The van der Waals surface area contributed by atoms with Crippen molar-refractivity contribution in [1.29, 1.82) is 0 Å². The van der Waals surface area contributed by atoms with Gasteiger partial charge in [0.05, 0.1) is 22.2 Å². The Morgan fingerprint density at radius 1 is 1.00 bits per heavy atom. The third-order valence-corrected chi connectivity index (χ3v) is 5.30. The number of para-hydroxylation sites is 2. The van der Waals surface area contributed by atoms with E-state index in [9.17, 15) is 29.9 Å². The number of aliphatic hydroxyl groups excluding tert-OH is 1. The maximum Gasteiger partial charge on any atom is 0.300 e. The molecule has 3 aromatic rings. The van der Waals surface area contributed by atoms with Gasteiger partial charge in [-0.05, 0) is 36.8 Å². The molecule has 1 unspecified atom stereocenters. The van der Waals surface area contributed by atoms with Gasteiger partial charge in [0.1, 0.15) is 11.5 Å². The second-order valence-electron chi connectivity index (χ2n) is 7.38. The molecule has 1 amide bonds. The van der Waals surface area contributed by atoms with E-state index in [1.165, 1.54) is 36.4 Å². The number of phenols is 1. The second-order valence-corrected chi connectivity index (χ2v) is 7.38. The topological polar surface area (TPSA) is 121 Å². The number of anilines is 1. The van der Waals surface area contributed by atoms with E-state index in [1.807, 2.05) is 13.0 Å². The van der Waals surface area contributed by atoms with Gasteiger partial charge in [0.25, 0.3) is 17.4 Å². The molecule has 0 saturated carbocycles. The number of benzene rings is 3. The summed E-state index contributed by atoms with van der Waals surface area (Å²) >= 11 is 0. The van der Waals surface area contributed by atoms with Crippen LogP contribution in [0.15, 0.2) is 78.4 Å². The van der Waals surface area contributed by atoms with Crippen LogP contribution < -0.4 is 4.90 Å². The highest BCUT2D eigenvalue weighted by atomic mass is 16.6. The van der Waals surface area contributed by atoms with Crippen molar-refractivity contribution in [3.05, 3.63) is 105 Å². The Morgan fingerprint density at radius 2 is 1.69 bits per heavy atom. The Balaban J connectivity index is 1.94. The van der Waals surface area contributed by atoms with Crippen molar-refractivity contribution in [2.75, 3.05) is 4.90 Å². The summed E-state index contributed by atoms with van der Waals surface area (Å²) in [5.41, 5.74) is 1.38. The van der Waals surface area contributed by atoms with Crippen LogP contribution in [0.3, 0.4) is 0 Å². The fourth-order valence-corrected chi connectivity index (χ4v) is 3.80. The number of nitro groups is 1. The van der Waals surface area contributed by atoms with Crippen molar-refractivity contribution in [2.24, 2.45) is 0 Å². The number of aromatic hydroxyl groups is 1. The van der Waals surface area contributed by atoms with E-state index in [-0.39, 0.29) is 28.3 Å². The third kappa shape index (κ3) is 3.47. The van der Waals surface area contributed by atoms with Crippen LogP contribution >= 0.6 is 0 Å². The molecule has 0 bridgehead atoms. The summed E-state index contributed by atoms with van der Waals surface area (Å²) in [6.45, 7) is 1.85. The molecule has 1 heterocycles. The molecule has 1 fully saturated rings. The van der Waals surface area contributed by atoms with Gasteiger partial charge >= 0.3 is 0 Å². The van der Waals surface area contributed by atoms with E-state index >= 15 is 0 Å². The molecule has 2 N–H and O–H groups in total. The quantitative estimate of drug-likeness (QED) is 0.210. The van der Waals surface area contributed by atoms with Gasteiger partial charge in [0.2, 0.25) is 0 Å². The molecule has 1 atom stereocenters. The third-order valence-electron chi connectivity index (χ3n) is 5.30. The number of nitrogens with zero attached hydrogens (tertiary/aromatic N) is 2. The first-order chi connectivity index (χ1) is 15.3. The molecule has 8 nitrogen and oxygen atoms in total. The Morgan fingerprint density at radius 3 is 2.31 bits per heavy atom. The molecular formula is C24H18N2O6. The normalized spacial score (nSPS) is 17.5. The van der Waals surface area contributed by atoms with Gasteiger partial charge in [-0.15, -0.1) is 0 Å². The van der Waals surface area contributed by atoms with E-state index in [0.717, 1.165) is 10.5 Å². The fourth-order valence-electron chi connectivity index (χ4n) is 3.80. The molecule has 160 valence electrons. The number of carbonyl (C=O) groups excluding carboxylic acids is 2. The Hall–Kier alpha value is -4.46. The van der Waals surface area contributed by atoms with Crippen LogP contribution in [0.4, 0.5) is 11.4 Å². The van der Waals surface area contributed by atoms with Gasteiger partial charge in [-0.1, -0.05) is 42.0 Å². The first kappa shape index (κ1) is 20.8. The number of amides is 1. The molecule has 3 aromatic carbocycles. The number of hydrogen-bond donors (Lipinski definition) is 2. The first-order valence-corrected chi connectivity index (χ1v) is 9.70. The van der Waals surface area contributed by atoms with E-state index < -0.39 is 28.4 Å². The van der Waals surface area contributed by atoms with Gasteiger partial charge < -0.3 is 10.2 Å². The summed E-state index contributed by atoms with van der Waals surface area (Å²) in [6, 6.07) is 17.3. The lowest BCUT2D eigenvalue weighted by atomic mass is 9.94. The van der Waals surface area contributed by atoms with E-state index in [1.54, 1.807) is 30.3 Å². The van der Waals surface area contributed by atoms with Crippen LogP contribution in [-0.2, 0) is 9.59 Å².